The van der Waals surface area contributed by atoms with Gasteiger partial charge in [0.1, 0.15) is 5.02 Å². The van der Waals surface area contributed by atoms with Crippen LogP contribution in [-0.4, -0.2) is 34.3 Å². The van der Waals surface area contributed by atoms with Crippen LogP contribution in [0.2, 0.25) is 5.02 Å². The first-order chi connectivity index (χ1) is 8.10. The molecule has 0 aromatic carbocycles. The quantitative estimate of drug-likeness (QED) is 0.729. The van der Waals surface area contributed by atoms with Crippen LogP contribution < -0.4 is 10.6 Å². The maximum atomic E-state index is 9.49. The standard InChI is InChI=1S/C11H19ClN4O/c1-4-11(5-2,7-17)16-9-8(12)6-14-10(13-3)15-9/h6,17H,4-5,7H2,1-3H3,(H2,13,14,15,16). The van der Waals surface area contributed by atoms with Crippen LogP contribution in [0.4, 0.5) is 11.8 Å². The fourth-order valence-corrected chi connectivity index (χ4v) is 1.65. The molecule has 0 saturated heterocycles. The van der Waals surface area contributed by atoms with Gasteiger partial charge in [-0.05, 0) is 12.8 Å². The normalized spacial score (nSPS) is 11.4. The van der Waals surface area contributed by atoms with Crippen molar-refractivity contribution in [2.45, 2.75) is 32.2 Å². The van der Waals surface area contributed by atoms with Crippen LogP contribution in [0, 0.1) is 0 Å². The minimum absolute atomic E-state index is 0.0369. The molecule has 0 amide bonds. The number of hydrogen-bond acceptors (Lipinski definition) is 5. The van der Waals surface area contributed by atoms with E-state index in [1.54, 1.807) is 7.05 Å². The smallest absolute Gasteiger partial charge is 0.224 e. The highest BCUT2D eigenvalue weighted by atomic mass is 35.5. The summed E-state index contributed by atoms with van der Waals surface area (Å²) >= 11 is 6.03. The molecule has 5 nitrogen and oxygen atoms in total. The van der Waals surface area contributed by atoms with E-state index in [0.29, 0.717) is 16.8 Å². The number of anilines is 2. The van der Waals surface area contributed by atoms with E-state index >= 15 is 0 Å². The Morgan fingerprint density at radius 3 is 2.53 bits per heavy atom. The number of aliphatic hydroxyl groups is 1. The van der Waals surface area contributed by atoms with Crippen molar-refractivity contribution in [1.82, 2.24) is 9.97 Å². The third-order valence-corrected chi connectivity index (χ3v) is 3.28. The molecule has 17 heavy (non-hydrogen) atoms. The fourth-order valence-electron chi connectivity index (χ4n) is 1.52. The van der Waals surface area contributed by atoms with Crippen LogP contribution >= 0.6 is 11.6 Å². The molecule has 3 N–H and O–H groups in total. The minimum Gasteiger partial charge on any atom is -0.394 e. The molecule has 96 valence electrons. The van der Waals surface area contributed by atoms with Crippen LogP contribution in [0.3, 0.4) is 0 Å². The summed E-state index contributed by atoms with van der Waals surface area (Å²) < 4.78 is 0. The molecular formula is C11H19ClN4O. The highest BCUT2D eigenvalue weighted by Gasteiger charge is 2.26. The van der Waals surface area contributed by atoms with Gasteiger partial charge in [0, 0.05) is 7.05 Å². The Morgan fingerprint density at radius 2 is 2.06 bits per heavy atom. The highest BCUT2D eigenvalue weighted by Crippen LogP contribution is 2.26. The van der Waals surface area contributed by atoms with E-state index in [1.165, 1.54) is 6.20 Å². The number of nitrogens with zero attached hydrogens (tertiary/aromatic N) is 2. The second kappa shape index (κ2) is 6.02. The van der Waals surface area contributed by atoms with E-state index in [0.717, 1.165) is 12.8 Å². The van der Waals surface area contributed by atoms with E-state index in [1.807, 2.05) is 13.8 Å². The van der Waals surface area contributed by atoms with Gasteiger partial charge in [0.05, 0.1) is 18.3 Å². The maximum absolute atomic E-state index is 9.49. The largest absolute Gasteiger partial charge is 0.394 e. The fraction of sp³-hybridized carbons (Fsp3) is 0.636. The van der Waals surface area contributed by atoms with Gasteiger partial charge in [-0.15, -0.1) is 0 Å². The Hall–Kier alpha value is -1.07. The predicted molar refractivity (Wildman–Crippen MR) is 70.6 cm³/mol. The number of hydrogen-bond donors (Lipinski definition) is 3. The molecule has 1 heterocycles. The molecule has 0 aliphatic rings. The van der Waals surface area contributed by atoms with Crippen LogP contribution in [-0.2, 0) is 0 Å². The van der Waals surface area contributed by atoms with Crippen molar-refractivity contribution in [3.8, 4) is 0 Å². The van der Waals surface area contributed by atoms with Crippen LogP contribution in [0.1, 0.15) is 26.7 Å². The summed E-state index contributed by atoms with van der Waals surface area (Å²) in [6.45, 7) is 4.07. The van der Waals surface area contributed by atoms with Crippen LogP contribution in [0.25, 0.3) is 0 Å². The average Bonchev–Trinajstić information content (AvgIpc) is 2.38. The summed E-state index contributed by atoms with van der Waals surface area (Å²) in [5, 5.41) is 16.0. The number of aliphatic hydroxyl groups excluding tert-OH is 1. The molecule has 1 rings (SSSR count). The second-order valence-electron chi connectivity index (χ2n) is 3.91. The Kier molecular flexibility index (Phi) is 4.96. The van der Waals surface area contributed by atoms with Crippen molar-refractivity contribution in [2.75, 3.05) is 24.3 Å². The van der Waals surface area contributed by atoms with Crippen LogP contribution in [0.5, 0.6) is 0 Å². The van der Waals surface area contributed by atoms with Crippen molar-refractivity contribution in [3.05, 3.63) is 11.2 Å². The lowest BCUT2D eigenvalue weighted by Crippen LogP contribution is -2.41. The third-order valence-electron chi connectivity index (χ3n) is 3.01. The molecule has 1 aromatic heterocycles. The van der Waals surface area contributed by atoms with E-state index in [2.05, 4.69) is 20.6 Å². The average molecular weight is 259 g/mol. The monoisotopic (exact) mass is 258 g/mol. The molecule has 0 fully saturated rings. The van der Waals surface area contributed by atoms with Crippen molar-refractivity contribution < 1.29 is 5.11 Å². The Labute approximate surface area is 107 Å². The molecule has 0 bridgehead atoms. The van der Waals surface area contributed by atoms with Gasteiger partial charge in [-0.3, -0.25) is 0 Å². The zero-order valence-corrected chi connectivity index (χ0v) is 11.2. The first kappa shape index (κ1) is 14.0. The maximum Gasteiger partial charge on any atom is 0.224 e. The molecule has 0 saturated carbocycles. The van der Waals surface area contributed by atoms with E-state index < -0.39 is 0 Å². The molecule has 0 aliphatic carbocycles. The van der Waals surface area contributed by atoms with Crippen molar-refractivity contribution in [1.29, 1.82) is 0 Å². The summed E-state index contributed by atoms with van der Waals surface area (Å²) in [7, 11) is 1.74. The topological polar surface area (TPSA) is 70.1 Å². The van der Waals surface area contributed by atoms with E-state index in [4.69, 9.17) is 11.6 Å². The van der Waals surface area contributed by atoms with Gasteiger partial charge in [0.25, 0.3) is 0 Å². The van der Waals surface area contributed by atoms with Gasteiger partial charge < -0.3 is 15.7 Å². The lowest BCUT2D eigenvalue weighted by Gasteiger charge is -2.31. The zero-order valence-electron chi connectivity index (χ0n) is 10.4. The molecule has 1 aromatic rings. The Morgan fingerprint density at radius 1 is 1.41 bits per heavy atom. The third kappa shape index (κ3) is 3.20. The van der Waals surface area contributed by atoms with Gasteiger partial charge in [0.15, 0.2) is 5.82 Å². The highest BCUT2D eigenvalue weighted by molar-refractivity contribution is 6.32. The first-order valence-electron chi connectivity index (χ1n) is 5.70. The van der Waals surface area contributed by atoms with Gasteiger partial charge in [-0.1, -0.05) is 25.4 Å². The lowest BCUT2D eigenvalue weighted by molar-refractivity contribution is 0.202. The second-order valence-corrected chi connectivity index (χ2v) is 4.32. The Bertz CT molecular complexity index is 360. The summed E-state index contributed by atoms with van der Waals surface area (Å²) in [5.41, 5.74) is -0.386. The lowest BCUT2D eigenvalue weighted by atomic mass is 9.94. The van der Waals surface area contributed by atoms with Gasteiger partial charge in [-0.2, -0.15) is 4.98 Å². The Balaban J connectivity index is 2.99. The van der Waals surface area contributed by atoms with Crippen molar-refractivity contribution >= 4 is 23.4 Å². The molecule has 0 radical (unpaired) electrons. The zero-order chi connectivity index (χ0) is 12.9. The number of halogens is 1. The van der Waals surface area contributed by atoms with Crippen LogP contribution in [0.15, 0.2) is 6.20 Å². The summed E-state index contributed by atoms with van der Waals surface area (Å²) in [6.07, 6.45) is 3.11. The molecule has 0 unspecified atom stereocenters. The van der Waals surface area contributed by atoms with E-state index in [-0.39, 0.29) is 12.1 Å². The number of nitrogens with one attached hydrogen (secondary N) is 2. The van der Waals surface area contributed by atoms with Gasteiger partial charge in [0.2, 0.25) is 5.95 Å². The predicted octanol–water partition coefficient (Wildman–Crippen LogP) is 2.13. The first-order valence-corrected chi connectivity index (χ1v) is 6.08. The molecular weight excluding hydrogens is 240 g/mol. The molecule has 0 atom stereocenters. The van der Waals surface area contributed by atoms with Gasteiger partial charge in [-0.25, -0.2) is 4.98 Å². The van der Waals surface area contributed by atoms with Crippen molar-refractivity contribution in [3.63, 3.8) is 0 Å². The molecule has 6 heteroatoms. The minimum atomic E-state index is -0.386. The summed E-state index contributed by atoms with van der Waals surface area (Å²) in [4.78, 5) is 8.25. The molecule has 0 aliphatic heterocycles. The summed E-state index contributed by atoms with van der Waals surface area (Å²) in [5.74, 6) is 1.04. The van der Waals surface area contributed by atoms with Crippen molar-refractivity contribution in [2.24, 2.45) is 0 Å². The molecule has 0 spiro atoms. The number of rotatable bonds is 6. The number of aromatic nitrogens is 2. The van der Waals surface area contributed by atoms with E-state index in [9.17, 15) is 5.11 Å². The summed E-state index contributed by atoms with van der Waals surface area (Å²) in [6, 6.07) is 0. The van der Waals surface area contributed by atoms with Gasteiger partial charge >= 0.3 is 0 Å². The SMILES string of the molecule is CCC(CC)(CO)Nc1nc(NC)ncc1Cl.